The highest BCUT2D eigenvalue weighted by Crippen LogP contribution is 2.26. The molecule has 1 aromatic carbocycles. The summed E-state index contributed by atoms with van der Waals surface area (Å²) in [7, 11) is 0. The van der Waals surface area contributed by atoms with Gasteiger partial charge in [0, 0.05) is 9.37 Å². The molecule has 11 heavy (non-hydrogen) atoms. The number of benzene rings is 1. The first-order valence-corrected chi connectivity index (χ1v) is 4.88. The Balaban J connectivity index is 2.79. The number of hydrogen-bond acceptors (Lipinski definition) is 1. The summed E-state index contributed by atoms with van der Waals surface area (Å²) in [6, 6.07) is 8.20. The van der Waals surface area contributed by atoms with E-state index >= 15 is 0 Å². The number of hydrogen-bond donors (Lipinski definition) is 0. The van der Waals surface area contributed by atoms with Gasteiger partial charge < -0.3 is 0 Å². The van der Waals surface area contributed by atoms with E-state index in [1.807, 2.05) is 19.1 Å². The molecule has 0 aromatic heterocycles. The largest absolute Gasteiger partial charge is 0.0954 e. The van der Waals surface area contributed by atoms with Gasteiger partial charge in [-0.05, 0) is 30.0 Å². The Labute approximate surface area is 79.8 Å². The van der Waals surface area contributed by atoms with Gasteiger partial charge in [0.2, 0.25) is 0 Å². The summed E-state index contributed by atoms with van der Waals surface area (Å²) in [5.41, 5.74) is 0. The Morgan fingerprint density at radius 3 is 2.82 bits per heavy atom. The van der Waals surface area contributed by atoms with Gasteiger partial charge in [0.15, 0.2) is 0 Å². The molecule has 0 saturated carbocycles. The zero-order chi connectivity index (χ0) is 8.27. The van der Waals surface area contributed by atoms with Crippen LogP contribution in [0, 0.1) is 0 Å². The van der Waals surface area contributed by atoms with Gasteiger partial charge >= 0.3 is 0 Å². The van der Waals surface area contributed by atoms with Crippen molar-refractivity contribution in [3.05, 3.63) is 40.2 Å². The van der Waals surface area contributed by atoms with Crippen molar-refractivity contribution in [3.63, 3.8) is 0 Å². The van der Waals surface area contributed by atoms with Gasteiger partial charge in [-0.3, -0.25) is 0 Å². The second-order valence-electron chi connectivity index (χ2n) is 2.26. The van der Waals surface area contributed by atoms with E-state index in [4.69, 9.17) is 0 Å². The molecule has 58 valence electrons. The summed E-state index contributed by atoms with van der Waals surface area (Å²) in [6.45, 7) is 5.83. The standard InChI is InChI=1S/C9H9BrS/c1-7(2)11-9-5-3-4-8(10)6-9/h3-6H,1H2,2H3. The third-order valence-electron chi connectivity index (χ3n) is 1.09. The van der Waals surface area contributed by atoms with Crippen LogP contribution in [0.3, 0.4) is 0 Å². The van der Waals surface area contributed by atoms with Crippen molar-refractivity contribution >= 4 is 27.7 Å². The van der Waals surface area contributed by atoms with E-state index in [2.05, 4.69) is 34.6 Å². The molecule has 0 aliphatic carbocycles. The summed E-state index contributed by atoms with van der Waals surface area (Å²) in [5, 5.41) is 0. The van der Waals surface area contributed by atoms with E-state index in [0.717, 1.165) is 9.38 Å². The van der Waals surface area contributed by atoms with Gasteiger partial charge in [-0.2, -0.15) is 0 Å². The molecule has 0 aliphatic heterocycles. The summed E-state index contributed by atoms with van der Waals surface area (Å²) < 4.78 is 1.11. The predicted octanol–water partition coefficient (Wildman–Crippen LogP) is 4.07. The van der Waals surface area contributed by atoms with Crippen LogP contribution in [0.25, 0.3) is 0 Å². The molecule has 0 aliphatic rings. The molecule has 0 heterocycles. The first kappa shape index (κ1) is 8.88. The Bertz CT molecular complexity index is 268. The second-order valence-corrected chi connectivity index (χ2v) is 4.55. The lowest BCUT2D eigenvalue weighted by atomic mass is 10.4. The van der Waals surface area contributed by atoms with Crippen molar-refractivity contribution < 1.29 is 0 Å². The van der Waals surface area contributed by atoms with E-state index in [-0.39, 0.29) is 0 Å². The molecule has 0 N–H and O–H groups in total. The van der Waals surface area contributed by atoms with Crippen molar-refractivity contribution in [2.45, 2.75) is 11.8 Å². The van der Waals surface area contributed by atoms with Gasteiger partial charge in [0.25, 0.3) is 0 Å². The van der Waals surface area contributed by atoms with Gasteiger partial charge in [-0.15, -0.1) is 0 Å². The number of thioether (sulfide) groups is 1. The molecule has 2 heteroatoms. The monoisotopic (exact) mass is 228 g/mol. The first-order valence-electron chi connectivity index (χ1n) is 3.27. The average Bonchev–Trinajstić information content (AvgIpc) is 1.85. The molecular formula is C9H9BrS. The lowest BCUT2D eigenvalue weighted by molar-refractivity contribution is 1.44. The van der Waals surface area contributed by atoms with E-state index in [9.17, 15) is 0 Å². The smallest absolute Gasteiger partial charge is 0.0186 e. The maximum absolute atomic E-state index is 3.83. The normalized spacial score (nSPS) is 9.64. The molecule has 0 saturated heterocycles. The highest BCUT2D eigenvalue weighted by atomic mass is 79.9. The summed E-state index contributed by atoms with van der Waals surface area (Å²) >= 11 is 5.10. The number of allylic oxidation sites excluding steroid dienone is 1. The minimum absolute atomic E-state index is 1.11. The highest BCUT2D eigenvalue weighted by Gasteiger charge is 1.93. The Morgan fingerprint density at radius 1 is 1.55 bits per heavy atom. The minimum atomic E-state index is 1.11. The fraction of sp³-hybridized carbons (Fsp3) is 0.111. The molecular weight excluding hydrogens is 220 g/mol. The van der Waals surface area contributed by atoms with Crippen LogP contribution in [-0.4, -0.2) is 0 Å². The predicted molar refractivity (Wildman–Crippen MR) is 54.8 cm³/mol. The molecule has 0 spiro atoms. The van der Waals surface area contributed by atoms with Crippen molar-refractivity contribution in [3.8, 4) is 0 Å². The first-order chi connectivity index (χ1) is 5.18. The van der Waals surface area contributed by atoms with E-state index in [1.54, 1.807) is 11.8 Å². The molecule has 1 aromatic rings. The molecule has 0 fully saturated rings. The maximum atomic E-state index is 3.83. The van der Waals surface area contributed by atoms with Crippen LogP contribution in [0.1, 0.15) is 6.92 Å². The van der Waals surface area contributed by atoms with Crippen LogP contribution in [0.15, 0.2) is 45.1 Å². The summed E-state index contributed by atoms with van der Waals surface area (Å²) in [5.74, 6) is 0. The van der Waals surface area contributed by atoms with Crippen LogP contribution < -0.4 is 0 Å². The topological polar surface area (TPSA) is 0 Å². The van der Waals surface area contributed by atoms with Crippen LogP contribution in [0.4, 0.5) is 0 Å². The Kier molecular flexibility index (Phi) is 3.21. The van der Waals surface area contributed by atoms with E-state index < -0.39 is 0 Å². The summed E-state index contributed by atoms with van der Waals surface area (Å²) in [6.07, 6.45) is 0. The summed E-state index contributed by atoms with van der Waals surface area (Å²) in [4.78, 5) is 2.34. The highest BCUT2D eigenvalue weighted by molar-refractivity contribution is 9.10. The van der Waals surface area contributed by atoms with Gasteiger partial charge in [0.05, 0.1) is 0 Å². The maximum Gasteiger partial charge on any atom is 0.0186 e. The molecule has 0 bridgehead atoms. The van der Waals surface area contributed by atoms with Crippen molar-refractivity contribution in [2.75, 3.05) is 0 Å². The van der Waals surface area contributed by atoms with Crippen LogP contribution in [0.2, 0.25) is 0 Å². The van der Waals surface area contributed by atoms with Crippen molar-refractivity contribution in [1.82, 2.24) is 0 Å². The second kappa shape index (κ2) is 3.98. The zero-order valence-electron chi connectivity index (χ0n) is 6.30. The average molecular weight is 229 g/mol. The fourth-order valence-electron chi connectivity index (χ4n) is 0.732. The van der Waals surface area contributed by atoms with Crippen molar-refractivity contribution in [2.24, 2.45) is 0 Å². The number of halogens is 1. The van der Waals surface area contributed by atoms with Crippen LogP contribution in [0.5, 0.6) is 0 Å². The molecule has 0 nitrogen and oxygen atoms in total. The lowest BCUT2D eigenvalue weighted by Crippen LogP contribution is -1.70. The van der Waals surface area contributed by atoms with E-state index in [1.165, 1.54) is 4.90 Å². The molecule has 0 radical (unpaired) electrons. The Hall–Kier alpha value is -0.210. The third kappa shape index (κ3) is 3.12. The molecule has 0 amide bonds. The van der Waals surface area contributed by atoms with Gasteiger partial charge in [-0.1, -0.05) is 40.3 Å². The lowest BCUT2D eigenvalue weighted by Gasteiger charge is -1.99. The fourth-order valence-corrected chi connectivity index (χ4v) is 2.02. The molecule has 0 unspecified atom stereocenters. The number of rotatable bonds is 2. The van der Waals surface area contributed by atoms with E-state index in [0.29, 0.717) is 0 Å². The zero-order valence-corrected chi connectivity index (χ0v) is 8.71. The van der Waals surface area contributed by atoms with Crippen LogP contribution in [-0.2, 0) is 0 Å². The van der Waals surface area contributed by atoms with Crippen LogP contribution >= 0.6 is 27.7 Å². The van der Waals surface area contributed by atoms with Gasteiger partial charge in [0.1, 0.15) is 0 Å². The minimum Gasteiger partial charge on any atom is -0.0954 e. The quantitative estimate of drug-likeness (QED) is 0.688. The Morgan fingerprint density at radius 2 is 2.27 bits per heavy atom. The van der Waals surface area contributed by atoms with Gasteiger partial charge in [-0.25, -0.2) is 0 Å². The molecule has 1 rings (SSSR count). The SMILES string of the molecule is C=C(C)Sc1cccc(Br)c1. The van der Waals surface area contributed by atoms with Crippen molar-refractivity contribution in [1.29, 1.82) is 0 Å². The molecule has 0 atom stereocenters. The third-order valence-corrected chi connectivity index (χ3v) is 2.42.